The molecule has 13 heavy (non-hydrogen) atoms. The number of nitrogens with one attached hydrogen (secondary N) is 1. The lowest BCUT2D eigenvalue weighted by Crippen LogP contribution is -2.15. The maximum absolute atomic E-state index is 11.2. The summed E-state index contributed by atoms with van der Waals surface area (Å²) in [5, 5.41) is 2.40. The first-order chi connectivity index (χ1) is 6.07. The number of carbonyl (C=O) groups excluding carboxylic acids is 1. The van der Waals surface area contributed by atoms with E-state index in [-0.39, 0.29) is 17.3 Å². The van der Waals surface area contributed by atoms with Crippen molar-refractivity contribution in [2.45, 2.75) is 6.92 Å². The molecule has 0 aromatic carbocycles. The number of rotatable bonds is 2. The van der Waals surface area contributed by atoms with Crippen LogP contribution in [-0.4, -0.2) is 22.4 Å². The van der Waals surface area contributed by atoms with Crippen LogP contribution < -0.4 is 5.56 Å². The topological polar surface area (TPSA) is 64.1 Å². The predicted molar refractivity (Wildman–Crippen MR) is 47.0 cm³/mol. The van der Waals surface area contributed by atoms with Gasteiger partial charge in [-0.15, -0.1) is 0 Å². The second kappa shape index (κ2) is 3.66. The van der Waals surface area contributed by atoms with Gasteiger partial charge in [-0.05, 0) is 6.92 Å². The van der Waals surface area contributed by atoms with Crippen LogP contribution in [0.2, 0.25) is 5.15 Å². The van der Waals surface area contributed by atoms with Crippen LogP contribution in [-0.2, 0) is 11.8 Å². The van der Waals surface area contributed by atoms with Gasteiger partial charge in [0.25, 0.3) is 5.56 Å². The lowest BCUT2D eigenvalue weighted by atomic mass is 10.3. The summed E-state index contributed by atoms with van der Waals surface area (Å²) in [6.07, 6.45) is 0. The molecule has 1 aromatic heterocycles. The molecule has 0 unspecified atom stereocenters. The van der Waals surface area contributed by atoms with Gasteiger partial charge in [-0.3, -0.25) is 14.6 Å². The highest BCUT2D eigenvalue weighted by atomic mass is 35.5. The van der Waals surface area contributed by atoms with E-state index < -0.39 is 11.5 Å². The van der Waals surface area contributed by atoms with Gasteiger partial charge in [0.15, 0.2) is 5.56 Å². The predicted octanol–water partition coefficient (Wildman–Crippen LogP) is 0.544. The van der Waals surface area contributed by atoms with E-state index in [1.807, 2.05) is 0 Å². The fraction of sp³-hybridized carbons (Fsp3) is 0.429. The smallest absolute Gasteiger partial charge is 0.347 e. The molecule has 0 radical (unpaired) electrons. The van der Waals surface area contributed by atoms with Gasteiger partial charge in [0, 0.05) is 7.05 Å². The van der Waals surface area contributed by atoms with Crippen molar-refractivity contribution in [2.24, 2.45) is 7.05 Å². The van der Waals surface area contributed by atoms with Crippen molar-refractivity contribution >= 4 is 17.6 Å². The SMILES string of the molecule is CCOC(=O)c1c(Cl)n(C)[nH]c1=O. The van der Waals surface area contributed by atoms with E-state index in [1.165, 1.54) is 11.7 Å². The molecule has 0 fully saturated rings. The van der Waals surface area contributed by atoms with Crippen LogP contribution >= 0.6 is 11.6 Å². The summed E-state index contributed by atoms with van der Waals surface area (Å²) in [5.41, 5.74) is -0.683. The van der Waals surface area contributed by atoms with Gasteiger partial charge in [-0.25, -0.2) is 4.79 Å². The van der Waals surface area contributed by atoms with Crippen molar-refractivity contribution in [1.82, 2.24) is 9.78 Å². The largest absolute Gasteiger partial charge is 0.462 e. The number of aryl methyl sites for hydroxylation is 1. The van der Waals surface area contributed by atoms with E-state index >= 15 is 0 Å². The molecular weight excluding hydrogens is 196 g/mol. The molecule has 0 bridgehead atoms. The molecule has 0 saturated carbocycles. The van der Waals surface area contributed by atoms with Crippen LogP contribution in [0, 0.1) is 0 Å². The summed E-state index contributed by atoms with van der Waals surface area (Å²) in [6.45, 7) is 1.87. The lowest BCUT2D eigenvalue weighted by molar-refractivity contribution is 0.0525. The second-order valence-electron chi connectivity index (χ2n) is 2.39. The minimum absolute atomic E-state index is 0.0588. The highest BCUT2D eigenvalue weighted by Crippen LogP contribution is 2.10. The Bertz CT molecular complexity index is 380. The Morgan fingerprint density at radius 3 is 2.69 bits per heavy atom. The van der Waals surface area contributed by atoms with E-state index in [0.29, 0.717) is 0 Å². The molecule has 72 valence electrons. The van der Waals surface area contributed by atoms with Crippen LogP contribution in [0.15, 0.2) is 4.79 Å². The fourth-order valence-electron chi connectivity index (χ4n) is 0.899. The Hall–Kier alpha value is -1.23. The van der Waals surface area contributed by atoms with Gasteiger partial charge in [-0.2, -0.15) is 0 Å². The first-order valence-electron chi connectivity index (χ1n) is 3.69. The molecule has 0 aliphatic rings. The molecule has 0 amide bonds. The highest BCUT2D eigenvalue weighted by molar-refractivity contribution is 6.32. The van der Waals surface area contributed by atoms with Crippen LogP contribution in [0.4, 0.5) is 0 Å². The summed E-state index contributed by atoms with van der Waals surface area (Å²) in [7, 11) is 1.53. The fourth-order valence-corrected chi connectivity index (χ4v) is 1.10. The van der Waals surface area contributed by atoms with Gasteiger partial charge >= 0.3 is 5.97 Å². The van der Waals surface area contributed by atoms with Crippen LogP contribution in [0.5, 0.6) is 0 Å². The van der Waals surface area contributed by atoms with Gasteiger partial charge in [-0.1, -0.05) is 11.6 Å². The van der Waals surface area contributed by atoms with Crippen molar-refractivity contribution < 1.29 is 9.53 Å². The number of nitrogens with zero attached hydrogens (tertiary/aromatic N) is 1. The highest BCUT2D eigenvalue weighted by Gasteiger charge is 2.19. The number of aromatic amines is 1. The van der Waals surface area contributed by atoms with Crippen molar-refractivity contribution in [3.05, 3.63) is 21.1 Å². The number of hydrogen-bond acceptors (Lipinski definition) is 3. The van der Waals surface area contributed by atoms with E-state index in [2.05, 4.69) is 9.84 Å². The van der Waals surface area contributed by atoms with Gasteiger partial charge in [0.05, 0.1) is 6.61 Å². The van der Waals surface area contributed by atoms with Crippen molar-refractivity contribution in [3.63, 3.8) is 0 Å². The third-order valence-corrected chi connectivity index (χ3v) is 1.92. The van der Waals surface area contributed by atoms with Gasteiger partial charge < -0.3 is 4.74 Å². The molecule has 1 N–H and O–H groups in total. The van der Waals surface area contributed by atoms with E-state index in [9.17, 15) is 9.59 Å². The molecule has 0 atom stereocenters. The van der Waals surface area contributed by atoms with E-state index in [0.717, 1.165) is 0 Å². The first-order valence-corrected chi connectivity index (χ1v) is 4.07. The second-order valence-corrected chi connectivity index (χ2v) is 2.74. The zero-order chi connectivity index (χ0) is 10.0. The molecule has 0 saturated heterocycles. The summed E-state index contributed by atoms with van der Waals surface area (Å²) in [6, 6.07) is 0. The van der Waals surface area contributed by atoms with Crippen molar-refractivity contribution in [2.75, 3.05) is 6.61 Å². The minimum atomic E-state index is -0.700. The van der Waals surface area contributed by atoms with Crippen molar-refractivity contribution in [3.8, 4) is 0 Å². The molecule has 0 spiro atoms. The minimum Gasteiger partial charge on any atom is -0.462 e. The van der Waals surface area contributed by atoms with Gasteiger partial charge in [0.2, 0.25) is 0 Å². The standard InChI is InChI=1S/C7H9ClN2O3/c1-3-13-7(12)4-5(8)10(2)9-6(4)11/h3H2,1-2H3,(H,9,11). The Labute approximate surface area is 79.2 Å². The Morgan fingerprint density at radius 2 is 2.31 bits per heavy atom. The Kier molecular flexibility index (Phi) is 2.77. The molecule has 6 heteroatoms. The molecule has 1 rings (SSSR count). The Morgan fingerprint density at radius 1 is 1.69 bits per heavy atom. The average molecular weight is 205 g/mol. The number of aromatic nitrogens is 2. The Balaban J connectivity index is 3.14. The molecule has 0 aliphatic carbocycles. The maximum atomic E-state index is 11.2. The monoisotopic (exact) mass is 204 g/mol. The van der Waals surface area contributed by atoms with Gasteiger partial charge in [0.1, 0.15) is 5.15 Å². The number of esters is 1. The maximum Gasteiger partial charge on any atom is 0.347 e. The molecule has 5 nitrogen and oxygen atoms in total. The van der Waals surface area contributed by atoms with Crippen LogP contribution in [0.25, 0.3) is 0 Å². The normalized spacial score (nSPS) is 10.1. The van der Waals surface area contributed by atoms with Crippen LogP contribution in [0.3, 0.4) is 0 Å². The summed E-state index contributed by atoms with van der Waals surface area (Å²) in [4.78, 5) is 22.3. The number of halogens is 1. The van der Waals surface area contributed by atoms with E-state index in [1.54, 1.807) is 6.92 Å². The quantitative estimate of drug-likeness (QED) is 0.716. The molecule has 1 aromatic rings. The molecule has 0 aliphatic heterocycles. The summed E-state index contributed by atoms with van der Waals surface area (Å²) < 4.78 is 5.91. The lowest BCUT2D eigenvalue weighted by Gasteiger charge is -1.97. The number of carbonyl (C=O) groups is 1. The third-order valence-electron chi connectivity index (χ3n) is 1.48. The zero-order valence-electron chi connectivity index (χ0n) is 7.26. The van der Waals surface area contributed by atoms with E-state index in [4.69, 9.17) is 11.6 Å². The summed E-state index contributed by atoms with van der Waals surface area (Å²) in [5.74, 6) is -0.700. The summed E-state index contributed by atoms with van der Waals surface area (Å²) >= 11 is 5.68. The van der Waals surface area contributed by atoms with Crippen molar-refractivity contribution in [1.29, 1.82) is 0 Å². The zero-order valence-corrected chi connectivity index (χ0v) is 8.01. The third kappa shape index (κ3) is 1.75. The molecule has 1 heterocycles. The number of hydrogen-bond donors (Lipinski definition) is 1. The number of H-pyrrole nitrogens is 1. The van der Waals surface area contributed by atoms with Crippen LogP contribution in [0.1, 0.15) is 17.3 Å². The average Bonchev–Trinajstić information content (AvgIpc) is 2.27. The first kappa shape index (κ1) is 9.85. The number of ether oxygens (including phenoxy) is 1. The molecular formula is C7H9ClN2O3.